The molecule has 23 heavy (non-hydrogen) atoms. The molecule has 0 bridgehead atoms. The fourth-order valence-electron chi connectivity index (χ4n) is 2.21. The minimum atomic E-state index is 0. The van der Waals surface area contributed by atoms with Crippen LogP contribution in [0.1, 0.15) is 31.9 Å². The van der Waals surface area contributed by atoms with E-state index >= 15 is 0 Å². The summed E-state index contributed by atoms with van der Waals surface area (Å²) in [5.74, 6) is 0.830. The summed E-state index contributed by atoms with van der Waals surface area (Å²) in [6.45, 7) is 15.6. The number of guanidine groups is 1. The van der Waals surface area contributed by atoms with Gasteiger partial charge in [0.1, 0.15) is 0 Å². The van der Waals surface area contributed by atoms with Crippen LogP contribution < -0.4 is 10.6 Å². The molecule has 0 heterocycles. The van der Waals surface area contributed by atoms with E-state index in [-0.39, 0.29) is 24.0 Å². The molecular weight excluding hydrogens is 399 g/mol. The molecule has 0 saturated carbocycles. The first-order valence-electron chi connectivity index (χ1n) is 8.16. The topological polar surface area (TPSA) is 39.7 Å². The third kappa shape index (κ3) is 8.95. The van der Waals surface area contributed by atoms with Crippen molar-refractivity contribution >= 4 is 29.9 Å². The van der Waals surface area contributed by atoms with Crippen LogP contribution >= 0.6 is 24.0 Å². The summed E-state index contributed by atoms with van der Waals surface area (Å²) in [7, 11) is 0. The van der Waals surface area contributed by atoms with Crippen molar-refractivity contribution in [3.63, 3.8) is 0 Å². The van der Waals surface area contributed by atoms with Gasteiger partial charge in [-0.05, 0) is 31.1 Å². The molecule has 5 heteroatoms. The number of halogens is 1. The molecule has 0 unspecified atom stereocenters. The van der Waals surface area contributed by atoms with Crippen LogP contribution in [0.5, 0.6) is 0 Å². The highest BCUT2D eigenvalue weighted by Crippen LogP contribution is 2.09. The fraction of sp³-hybridized carbons (Fsp3) is 0.500. The van der Waals surface area contributed by atoms with Crippen LogP contribution in [0.4, 0.5) is 0 Å². The molecule has 0 saturated heterocycles. The van der Waals surface area contributed by atoms with E-state index in [4.69, 9.17) is 0 Å². The molecule has 1 rings (SSSR count). The molecule has 0 spiro atoms. The summed E-state index contributed by atoms with van der Waals surface area (Å²) in [5, 5.41) is 6.45. The zero-order valence-corrected chi connectivity index (χ0v) is 17.0. The van der Waals surface area contributed by atoms with E-state index < -0.39 is 0 Å². The van der Waals surface area contributed by atoms with Crippen molar-refractivity contribution in [2.24, 2.45) is 4.99 Å². The van der Waals surface area contributed by atoms with Gasteiger partial charge in [-0.15, -0.1) is 30.6 Å². The van der Waals surface area contributed by atoms with Gasteiger partial charge in [0.2, 0.25) is 0 Å². The zero-order valence-electron chi connectivity index (χ0n) is 14.6. The molecule has 0 aromatic heterocycles. The van der Waals surface area contributed by atoms with Crippen LogP contribution in [0.15, 0.2) is 41.9 Å². The van der Waals surface area contributed by atoms with Crippen molar-refractivity contribution in [2.75, 3.05) is 26.2 Å². The van der Waals surface area contributed by atoms with Gasteiger partial charge in [-0.25, -0.2) is 4.99 Å². The SMILES string of the molecule is C=CCNC(=NCc1cccc(CN(CC)CC)c1)NCC.I. The van der Waals surface area contributed by atoms with Crippen molar-refractivity contribution < 1.29 is 0 Å². The van der Waals surface area contributed by atoms with Gasteiger partial charge in [0.25, 0.3) is 0 Å². The monoisotopic (exact) mass is 430 g/mol. The Bertz CT molecular complexity index is 470. The molecule has 130 valence electrons. The predicted molar refractivity (Wildman–Crippen MR) is 111 cm³/mol. The Morgan fingerprint density at radius 3 is 2.48 bits per heavy atom. The highest BCUT2D eigenvalue weighted by atomic mass is 127. The standard InChI is InChI=1S/C18H30N4.HI/c1-5-12-20-18(19-6-2)21-14-16-10-9-11-17(13-16)15-22(7-3)8-4;/h5,9-11,13H,1,6-8,12,14-15H2,2-4H3,(H2,19,20,21);1H. The van der Waals surface area contributed by atoms with Gasteiger partial charge >= 0.3 is 0 Å². The Hall–Kier alpha value is -1.08. The van der Waals surface area contributed by atoms with E-state index in [1.165, 1.54) is 11.1 Å². The molecule has 4 nitrogen and oxygen atoms in total. The lowest BCUT2D eigenvalue weighted by Gasteiger charge is -2.18. The van der Waals surface area contributed by atoms with Crippen molar-refractivity contribution in [3.05, 3.63) is 48.0 Å². The molecular formula is C18H31IN4. The summed E-state index contributed by atoms with van der Waals surface area (Å²) in [4.78, 5) is 7.03. The molecule has 0 fully saturated rings. The number of hydrogen-bond donors (Lipinski definition) is 2. The van der Waals surface area contributed by atoms with Crippen LogP contribution in [0.2, 0.25) is 0 Å². The number of aliphatic imine (C=N–C) groups is 1. The number of nitrogens with one attached hydrogen (secondary N) is 2. The van der Waals surface area contributed by atoms with E-state index in [0.29, 0.717) is 13.1 Å². The van der Waals surface area contributed by atoms with Crippen molar-refractivity contribution in [2.45, 2.75) is 33.9 Å². The van der Waals surface area contributed by atoms with Crippen molar-refractivity contribution in [3.8, 4) is 0 Å². The zero-order chi connectivity index (χ0) is 16.2. The van der Waals surface area contributed by atoms with Gasteiger partial charge in [-0.3, -0.25) is 4.90 Å². The van der Waals surface area contributed by atoms with Gasteiger partial charge in [0.05, 0.1) is 6.54 Å². The number of hydrogen-bond acceptors (Lipinski definition) is 2. The maximum Gasteiger partial charge on any atom is 0.191 e. The van der Waals surface area contributed by atoms with E-state index in [0.717, 1.165) is 32.1 Å². The average Bonchev–Trinajstić information content (AvgIpc) is 2.55. The molecule has 0 atom stereocenters. The summed E-state index contributed by atoms with van der Waals surface area (Å²) >= 11 is 0. The van der Waals surface area contributed by atoms with Crippen LogP contribution in [0.25, 0.3) is 0 Å². The second kappa shape index (κ2) is 13.4. The summed E-state index contributed by atoms with van der Waals surface area (Å²) < 4.78 is 0. The van der Waals surface area contributed by atoms with Gasteiger partial charge in [0.15, 0.2) is 5.96 Å². The third-order valence-corrected chi connectivity index (χ3v) is 3.47. The summed E-state index contributed by atoms with van der Waals surface area (Å²) in [6.07, 6.45) is 1.83. The van der Waals surface area contributed by atoms with Crippen molar-refractivity contribution in [1.29, 1.82) is 0 Å². The van der Waals surface area contributed by atoms with Gasteiger partial charge in [0, 0.05) is 19.6 Å². The fourth-order valence-corrected chi connectivity index (χ4v) is 2.21. The van der Waals surface area contributed by atoms with E-state index in [9.17, 15) is 0 Å². The molecule has 2 N–H and O–H groups in total. The van der Waals surface area contributed by atoms with Crippen LogP contribution in [-0.4, -0.2) is 37.0 Å². The average molecular weight is 430 g/mol. The summed E-state index contributed by atoms with van der Waals surface area (Å²) in [6, 6.07) is 8.69. The number of nitrogens with zero attached hydrogens (tertiary/aromatic N) is 2. The third-order valence-electron chi connectivity index (χ3n) is 3.47. The smallest absolute Gasteiger partial charge is 0.191 e. The molecule has 0 aliphatic rings. The quantitative estimate of drug-likeness (QED) is 0.273. The Balaban J connectivity index is 0.00000484. The number of benzene rings is 1. The van der Waals surface area contributed by atoms with Gasteiger partial charge in [-0.1, -0.05) is 44.2 Å². The Kier molecular flexibility index (Phi) is 12.7. The minimum Gasteiger partial charge on any atom is -0.357 e. The largest absolute Gasteiger partial charge is 0.357 e. The molecule has 1 aromatic carbocycles. The predicted octanol–water partition coefficient (Wildman–Crippen LogP) is 3.39. The minimum absolute atomic E-state index is 0. The maximum atomic E-state index is 4.61. The second-order valence-electron chi connectivity index (χ2n) is 5.15. The number of rotatable bonds is 9. The Morgan fingerprint density at radius 1 is 1.17 bits per heavy atom. The highest BCUT2D eigenvalue weighted by molar-refractivity contribution is 14.0. The first-order chi connectivity index (χ1) is 10.7. The highest BCUT2D eigenvalue weighted by Gasteiger charge is 2.02. The van der Waals surface area contributed by atoms with E-state index in [1.807, 2.05) is 6.08 Å². The van der Waals surface area contributed by atoms with E-state index in [2.05, 4.69) is 72.1 Å². The Morgan fingerprint density at radius 2 is 1.87 bits per heavy atom. The van der Waals surface area contributed by atoms with Crippen LogP contribution in [0, 0.1) is 0 Å². The molecule has 0 radical (unpaired) electrons. The molecule has 0 aliphatic carbocycles. The molecule has 1 aromatic rings. The lowest BCUT2D eigenvalue weighted by molar-refractivity contribution is 0.296. The second-order valence-corrected chi connectivity index (χ2v) is 5.15. The lowest BCUT2D eigenvalue weighted by Crippen LogP contribution is -2.37. The lowest BCUT2D eigenvalue weighted by atomic mass is 10.1. The normalized spacial score (nSPS) is 11.0. The molecule has 0 amide bonds. The molecule has 0 aliphatic heterocycles. The summed E-state index contributed by atoms with van der Waals surface area (Å²) in [5.41, 5.74) is 2.58. The first kappa shape index (κ1) is 21.9. The van der Waals surface area contributed by atoms with Crippen LogP contribution in [-0.2, 0) is 13.1 Å². The first-order valence-corrected chi connectivity index (χ1v) is 8.16. The van der Waals surface area contributed by atoms with Crippen LogP contribution in [0.3, 0.4) is 0 Å². The van der Waals surface area contributed by atoms with Crippen molar-refractivity contribution in [1.82, 2.24) is 15.5 Å². The van der Waals surface area contributed by atoms with Gasteiger partial charge < -0.3 is 10.6 Å². The maximum absolute atomic E-state index is 4.61. The Labute approximate surface area is 158 Å². The van der Waals surface area contributed by atoms with Gasteiger partial charge in [-0.2, -0.15) is 0 Å². The van der Waals surface area contributed by atoms with E-state index in [1.54, 1.807) is 0 Å².